The molecule has 214 valence electrons. The molecule has 1 spiro atoms. The van der Waals surface area contributed by atoms with E-state index in [1.807, 2.05) is 0 Å². The van der Waals surface area contributed by atoms with E-state index in [4.69, 9.17) is 23.2 Å². The molecule has 2 aromatic rings. The van der Waals surface area contributed by atoms with Gasteiger partial charge in [-0.25, -0.2) is 4.39 Å². The molecule has 10 heteroatoms. The number of rotatable bonds is 4. The Hall–Kier alpha value is -2.68. The Balaban J connectivity index is 1.62. The number of amides is 3. The normalized spacial score (nSPS) is 26.6. The molecule has 0 radical (unpaired) electrons. The first-order valence-electron chi connectivity index (χ1n) is 13.7. The molecule has 2 fully saturated rings. The summed E-state index contributed by atoms with van der Waals surface area (Å²) in [6.45, 7) is 8.86. The molecular weight excluding hydrogens is 554 g/mol. The minimum absolute atomic E-state index is 0.0108. The summed E-state index contributed by atoms with van der Waals surface area (Å²) in [6.07, 6.45) is 1.78. The van der Waals surface area contributed by atoms with Crippen molar-refractivity contribution >= 4 is 46.6 Å². The number of hydrogen-bond acceptors (Lipinski definition) is 4. The number of carbonyl (C=O) groups excluding carboxylic acids is 3. The average Bonchev–Trinajstić information content (AvgIpc) is 3.35. The molecule has 2 aromatic carbocycles. The van der Waals surface area contributed by atoms with Crippen molar-refractivity contribution in [2.24, 2.45) is 5.41 Å². The van der Waals surface area contributed by atoms with Crippen molar-refractivity contribution in [3.63, 3.8) is 0 Å². The van der Waals surface area contributed by atoms with Crippen LogP contribution in [0.15, 0.2) is 36.4 Å². The largest absolute Gasteiger partial charge is 0.352 e. The van der Waals surface area contributed by atoms with Crippen molar-refractivity contribution in [3.8, 4) is 0 Å². The lowest BCUT2D eigenvalue weighted by Gasteiger charge is -2.38. The molecule has 40 heavy (non-hydrogen) atoms. The number of nitrogens with one attached hydrogen (secondary N) is 3. The Morgan fingerprint density at radius 2 is 1.85 bits per heavy atom. The van der Waals surface area contributed by atoms with E-state index in [2.05, 4.69) is 36.7 Å². The van der Waals surface area contributed by atoms with Gasteiger partial charge in [0.15, 0.2) is 0 Å². The highest BCUT2D eigenvalue weighted by Crippen LogP contribution is 2.57. The van der Waals surface area contributed by atoms with E-state index in [0.717, 1.165) is 0 Å². The number of nitrogens with zero attached hydrogens (tertiary/aromatic N) is 1. The quantitative estimate of drug-likeness (QED) is 0.468. The fourth-order valence-electron chi connectivity index (χ4n) is 6.78. The molecule has 3 aliphatic heterocycles. The minimum atomic E-state index is -1.29. The van der Waals surface area contributed by atoms with Gasteiger partial charge in [-0.3, -0.25) is 14.4 Å². The SMILES string of the molecule is CC(=O)N1CCC(NC(=O)[C@@H]2N[C@H](CC(C)(C)C)[C@]3(C(=O)Nc4cc(Cl)ccc43)[C@H]2c2cccc(Cl)c2F)CC1. The van der Waals surface area contributed by atoms with Gasteiger partial charge in [0.1, 0.15) is 11.2 Å². The molecule has 3 aliphatic rings. The van der Waals surface area contributed by atoms with Gasteiger partial charge in [0.05, 0.1) is 11.1 Å². The fourth-order valence-corrected chi connectivity index (χ4v) is 7.14. The number of carbonyl (C=O) groups is 3. The van der Waals surface area contributed by atoms with Crippen LogP contribution in [0.25, 0.3) is 0 Å². The number of piperidine rings is 1. The first-order chi connectivity index (χ1) is 18.8. The van der Waals surface area contributed by atoms with Gasteiger partial charge in [-0.2, -0.15) is 0 Å². The van der Waals surface area contributed by atoms with Crippen LogP contribution >= 0.6 is 23.2 Å². The van der Waals surface area contributed by atoms with Crippen LogP contribution in [0.4, 0.5) is 10.1 Å². The maximum absolute atomic E-state index is 15.9. The second-order valence-electron chi connectivity index (χ2n) is 12.4. The molecule has 2 saturated heterocycles. The van der Waals surface area contributed by atoms with Gasteiger partial charge in [-0.05, 0) is 54.0 Å². The van der Waals surface area contributed by atoms with Crippen molar-refractivity contribution in [3.05, 3.63) is 63.4 Å². The van der Waals surface area contributed by atoms with E-state index in [-0.39, 0.29) is 39.8 Å². The molecule has 0 aromatic heterocycles. The predicted molar refractivity (Wildman–Crippen MR) is 154 cm³/mol. The summed E-state index contributed by atoms with van der Waals surface area (Å²) >= 11 is 12.6. The number of hydrogen-bond donors (Lipinski definition) is 3. The van der Waals surface area contributed by atoms with Gasteiger partial charge >= 0.3 is 0 Å². The summed E-state index contributed by atoms with van der Waals surface area (Å²) in [5.41, 5.74) is -0.0662. The fraction of sp³-hybridized carbons (Fsp3) is 0.500. The topological polar surface area (TPSA) is 90.5 Å². The molecule has 5 rings (SSSR count). The third kappa shape index (κ3) is 4.99. The first kappa shape index (κ1) is 28.8. The summed E-state index contributed by atoms with van der Waals surface area (Å²) in [4.78, 5) is 41.8. The predicted octanol–water partition coefficient (Wildman–Crippen LogP) is 5.01. The molecule has 0 aliphatic carbocycles. The molecule has 3 heterocycles. The molecule has 4 atom stereocenters. The number of halogens is 3. The lowest BCUT2D eigenvalue weighted by atomic mass is 9.62. The highest BCUT2D eigenvalue weighted by molar-refractivity contribution is 6.31. The van der Waals surface area contributed by atoms with Crippen LogP contribution in [0.1, 0.15) is 64.0 Å². The Morgan fingerprint density at radius 3 is 2.50 bits per heavy atom. The summed E-state index contributed by atoms with van der Waals surface area (Å²) in [7, 11) is 0. The Labute approximate surface area is 244 Å². The molecule has 0 saturated carbocycles. The van der Waals surface area contributed by atoms with Crippen molar-refractivity contribution < 1.29 is 18.8 Å². The summed E-state index contributed by atoms with van der Waals surface area (Å²) in [5.74, 6) is -2.14. The van der Waals surface area contributed by atoms with Crippen molar-refractivity contribution in [2.45, 2.75) is 76.4 Å². The lowest BCUT2D eigenvalue weighted by Crippen LogP contribution is -2.52. The third-order valence-electron chi connectivity index (χ3n) is 8.51. The van der Waals surface area contributed by atoms with Crippen LogP contribution in [-0.4, -0.2) is 53.8 Å². The van der Waals surface area contributed by atoms with E-state index in [9.17, 15) is 14.4 Å². The zero-order chi connectivity index (χ0) is 29.0. The minimum Gasteiger partial charge on any atom is -0.352 e. The van der Waals surface area contributed by atoms with Gasteiger partial charge in [0, 0.05) is 48.7 Å². The summed E-state index contributed by atoms with van der Waals surface area (Å²) in [6, 6.07) is 8.39. The second-order valence-corrected chi connectivity index (χ2v) is 13.2. The van der Waals surface area contributed by atoms with Gasteiger partial charge in [0.25, 0.3) is 0 Å². The van der Waals surface area contributed by atoms with Crippen molar-refractivity contribution in [1.29, 1.82) is 0 Å². The first-order valence-corrected chi connectivity index (χ1v) is 14.5. The molecular formula is C30H35Cl2FN4O3. The van der Waals surface area contributed by atoms with Crippen LogP contribution in [0.5, 0.6) is 0 Å². The Bertz CT molecular complexity index is 1350. The van der Waals surface area contributed by atoms with E-state index < -0.39 is 29.2 Å². The van der Waals surface area contributed by atoms with Crippen LogP contribution in [0, 0.1) is 11.2 Å². The smallest absolute Gasteiger partial charge is 0.238 e. The summed E-state index contributed by atoms with van der Waals surface area (Å²) < 4.78 is 15.9. The van der Waals surface area contributed by atoms with Crippen molar-refractivity contribution in [2.75, 3.05) is 18.4 Å². The highest BCUT2D eigenvalue weighted by Gasteiger charge is 2.66. The molecule has 7 nitrogen and oxygen atoms in total. The van der Waals surface area contributed by atoms with Crippen LogP contribution in [0.3, 0.4) is 0 Å². The van der Waals surface area contributed by atoms with Gasteiger partial charge in [-0.15, -0.1) is 0 Å². The van der Waals surface area contributed by atoms with Crippen LogP contribution in [-0.2, 0) is 19.8 Å². The summed E-state index contributed by atoms with van der Waals surface area (Å²) in [5, 5.41) is 10.0. The molecule has 0 bridgehead atoms. The van der Waals surface area contributed by atoms with Gasteiger partial charge < -0.3 is 20.9 Å². The van der Waals surface area contributed by atoms with E-state index in [1.54, 1.807) is 35.2 Å². The van der Waals surface area contributed by atoms with Gasteiger partial charge in [0.2, 0.25) is 17.7 Å². The third-order valence-corrected chi connectivity index (χ3v) is 9.03. The number of fused-ring (bicyclic) bond motifs is 2. The number of likely N-dealkylation sites (tertiary alicyclic amines) is 1. The molecule has 3 amide bonds. The molecule has 0 unspecified atom stereocenters. The molecule has 3 N–H and O–H groups in total. The zero-order valence-electron chi connectivity index (χ0n) is 23.1. The average molecular weight is 590 g/mol. The van der Waals surface area contributed by atoms with Crippen LogP contribution < -0.4 is 16.0 Å². The van der Waals surface area contributed by atoms with E-state index in [0.29, 0.717) is 48.6 Å². The Kier molecular flexibility index (Phi) is 7.66. The maximum Gasteiger partial charge on any atom is 0.238 e. The maximum atomic E-state index is 15.9. The monoisotopic (exact) mass is 588 g/mol. The van der Waals surface area contributed by atoms with E-state index >= 15 is 4.39 Å². The standard InChI is InChI=1S/C30H35Cl2FN4O3/c1-16(38)37-12-10-18(11-13-37)34-27(39)26-24(19-6-5-7-21(32)25(19)33)30(23(36-26)15-29(2,3)4)20-9-8-17(31)14-22(20)35-28(30)40/h5-9,14,18,23-24,26,36H,10-13,15H2,1-4H3,(H,34,39)(H,35,40)/t23-,24+,26-,30+/m1/s1. The Morgan fingerprint density at radius 1 is 1.15 bits per heavy atom. The van der Waals surface area contributed by atoms with E-state index in [1.165, 1.54) is 13.0 Å². The number of benzene rings is 2. The number of anilines is 1. The highest BCUT2D eigenvalue weighted by atomic mass is 35.5. The van der Waals surface area contributed by atoms with Crippen molar-refractivity contribution in [1.82, 2.24) is 15.5 Å². The van der Waals surface area contributed by atoms with Gasteiger partial charge in [-0.1, -0.05) is 62.2 Å². The van der Waals surface area contributed by atoms with Crippen LogP contribution in [0.2, 0.25) is 10.0 Å². The second kappa shape index (κ2) is 10.6. The lowest BCUT2D eigenvalue weighted by molar-refractivity contribution is -0.130. The zero-order valence-corrected chi connectivity index (χ0v) is 24.6.